The lowest BCUT2D eigenvalue weighted by atomic mass is 9.79. The van der Waals surface area contributed by atoms with E-state index in [9.17, 15) is 26.8 Å². The van der Waals surface area contributed by atoms with Gasteiger partial charge in [0.2, 0.25) is 5.91 Å². The van der Waals surface area contributed by atoms with Crippen LogP contribution in [-0.4, -0.2) is 49.5 Å². The Balaban J connectivity index is 1.69. The molecule has 1 aliphatic heterocycles. The second kappa shape index (κ2) is 9.97. The van der Waals surface area contributed by atoms with Gasteiger partial charge in [0.1, 0.15) is 11.6 Å². The van der Waals surface area contributed by atoms with E-state index in [1.165, 1.54) is 28.0 Å². The number of urea groups is 1. The van der Waals surface area contributed by atoms with Crippen LogP contribution in [0, 0.1) is 17.6 Å². The fraction of sp³-hybridized carbons (Fsp3) is 0.333. The number of allylic oxidation sites excluding steroid dienone is 3. The summed E-state index contributed by atoms with van der Waals surface area (Å²) in [5.41, 5.74) is 1.08. The average Bonchev–Trinajstić information content (AvgIpc) is 3.06. The van der Waals surface area contributed by atoms with E-state index in [4.69, 9.17) is 0 Å². The lowest BCUT2D eigenvalue weighted by Gasteiger charge is -2.29. The summed E-state index contributed by atoms with van der Waals surface area (Å²) in [7, 11) is -1.78. The molecule has 2 aliphatic rings. The third kappa shape index (κ3) is 5.11. The highest BCUT2D eigenvalue weighted by Crippen LogP contribution is 2.40. The molecule has 0 spiro atoms. The normalized spacial score (nSPS) is 23.1. The fourth-order valence-electron chi connectivity index (χ4n) is 5.01. The molecule has 0 saturated carbocycles. The van der Waals surface area contributed by atoms with Crippen molar-refractivity contribution in [3.63, 3.8) is 0 Å². The number of hydrogen-bond acceptors (Lipinski definition) is 4. The molecule has 1 unspecified atom stereocenters. The van der Waals surface area contributed by atoms with E-state index in [1.807, 2.05) is 37.3 Å². The molecule has 1 fully saturated rings. The summed E-state index contributed by atoms with van der Waals surface area (Å²) in [6.45, 7) is 1.86. The monoisotopic (exact) mass is 514 g/mol. The van der Waals surface area contributed by atoms with Gasteiger partial charge in [0.05, 0.1) is 17.0 Å². The second-order valence-corrected chi connectivity index (χ2v) is 11.4. The number of carbonyl (C=O) groups is 2. The van der Waals surface area contributed by atoms with Crippen molar-refractivity contribution < 1.29 is 26.8 Å². The van der Waals surface area contributed by atoms with E-state index in [1.54, 1.807) is 19.2 Å². The number of imide groups is 1. The van der Waals surface area contributed by atoms with Gasteiger partial charge in [0.25, 0.3) is 0 Å². The average molecular weight is 515 g/mol. The number of nitrogens with zero attached hydrogens (tertiary/aromatic N) is 2. The molecule has 1 heterocycles. The molecule has 4 atom stereocenters. The Morgan fingerprint density at radius 3 is 2.31 bits per heavy atom. The zero-order valence-electron chi connectivity index (χ0n) is 20.3. The van der Waals surface area contributed by atoms with E-state index in [-0.39, 0.29) is 29.4 Å². The van der Waals surface area contributed by atoms with Crippen molar-refractivity contribution in [2.75, 3.05) is 13.3 Å². The predicted molar refractivity (Wildman–Crippen MR) is 133 cm³/mol. The molecule has 2 aromatic rings. The van der Waals surface area contributed by atoms with Crippen LogP contribution in [0.1, 0.15) is 42.9 Å². The minimum Gasteiger partial charge on any atom is -0.322 e. The summed E-state index contributed by atoms with van der Waals surface area (Å²) in [6, 6.07) is 11.1. The Hall–Kier alpha value is -3.33. The van der Waals surface area contributed by atoms with Crippen molar-refractivity contribution in [3.05, 3.63) is 94.4 Å². The Labute approximate surface area is 209 Å². The first-order valence-corrected chi connectivity index (χ1v) is 13.5. The van der Waals surface area contributed by atoms with Crippen molar-refractivity contribution in [2.45, 2.75) is 37.8 Å². The maximum atomic E-state index is 14.2. The highest BCUT2D eigenvalue weighted by molar-refractivity contribution is 7.94. The molecule has 0 bridgehead atoms. The molecule has 0 radical (unpaired) electrons. The predicted octanol–water partition coefficient (Wildman–Crippen LogP) is 4.97. The van der Waals surface area contributed by atoms with Gasteiger partial charge in [-0.05, 0) is 54.5 Å². The van der Waals surface area contributed by atoms with Crippen molar-refractivity contribution in [1.82, 2.24) is 9.80 Å². The second-order valence-electron chi connectivity index (χ2n) is 9.40. The van der Waals surface area contributed by atoms with E-state index in [2.05, 4.69) is 0 Å². The van der Waals surface area contributed by atoms with Crippen molar-refractivity contribution >= 4 is 21.8 Å². The molecule has 9 heteroatoms. The van der Waals surface area contributed by atoms with Gasteiger partial charge < -0.3 is 4.90 Å². The van der Waals surface area contributed by atoms with Crippen LogP contribution < -0.4 is 0 Å². The van der Waals surface area contributed by atoms with Crippen LogP contribution in [0.2, 0.25) is 0 Å². The van der Waals surface area contributed by atoms with Gasteiger partial charge in [-0.3, -0.25) is 9.69 Å². The summed E-state index contributed by atoms with van der Waals surface area (Å²) >= 11 is 0. The van der Waals surface area contributed by atoms with Crippen LogP contribution in [0.5, 0.6) is 0 Å². The van der Waals surface area contributed by atoms with Gasteiger partial charge >= 0.3 is 6.03 Å². The minimum atomic E-state index is -3.42. The Morgan fingerprint density at radius 2 is 1.75 bits per heavy atom. The molecule has 1 saturated heterocycles. The van der Waals surface area contributed by atoms with Crippen LogP contribution in [0.25, 0.3) is 0 Å². The highest BCUT2D eigenvalue weighted by Gasteiger charge is 2.46. The smallest absolute Gasteiger partial charge is 0.322 e. The summed E-state index contributed by atoms with van der Waals surface area (Å²) < 4.78 is 52.2. The third-order valence-electron chi connectivity index (χ3n) is 7.02. The molecule has 3 amide bonds. The summed E-state index contributed by atoms with van der Waals surface area (Å²) in [5, 5.41) is 0. The fourth-order valence-corrected chi connectivity index (χ4v) is 5.74. The molecular formula is C27H28F2N2O4S. The first kappa shape index (κ1) is 25.8. The van der Waals surface area contributed by atoms with Crippen molar-refractivity contribution in [1.29, 1.82) is 0 Å². The van der Waals surface area contributed by atoms with E-state index >= 15 is 0 Å². The van der Waals surface area contributed by atoms with Gasteiger partial charge in [-0.2, -0.15) is 0 Å². The van der Waals surface area contributed by atoms with Crippen LogP contribution >= 0.6 is 0 Å². The standard InChI is InChI=1S/C27H28F2N2O4S/c1-17-26(19-7-5-4-6-8-19)31(27(33)30(17)2)25(32)16-24(20-13-21(28)15-22(29)14-20)18-9-11-23(12-10-18)36(3,34)35/h4-9,11-15,17-18,24,26H,10,16H2,1-3H3/t17-,18-,24?,26-/m0/s1. The first-order valence-electron chi connectivity index (χ1n) is 11.7. The Bertz CT molecular complexity index is 1320. The first-order chi connectivity index (χ1) is 17.0. The molecular weight excluding hydrogens is 486 g/mol. The quantitative estimate of drug-likeness (QED) is 0.546. The molecule has 1 aliphatic carbocycles. The Kier molecular flexibility index (Phi) is 7.13. The maximum absolute atomic E-state index is 14.2. The van der Waals surface area contributed by atoms with Crippen molar-refractivity contribution in [3.8, 4) is 0 Å². The maximum Gasteiger partial charge on any atom is 0.327 e. The lowest BCUT2D eigenvalue weighted by Crippen LogP contribution is -2.37. The Morgan fingerprint density at radius 1 is 1.11 bits per heavy atom. The lowest BCUT2D eigenvalue weighted by molar-refractivity contribution is -0.130. The van der Waals surface area contributed by atoms with Gasteiger partial charge in [-0.15, -0.1) is 0 Å². The van der Waals surface area contributed by atoms with E-state index in [0.29, 0.717) is 0 Å². The molecule has 36 heavy (non-hydrogen) atoms. The zero-order valence-corrected chi connectivity index (χ0v) is 21.1. The summed E-state index contributed by atoms with van der Waals surface area (Å²) in [6.07, 6.45) is 5.85. The minimum absolute atomic E-state index is 0.156. The number of hydrogen-bond donors (Lipinski definition) is 0. The van der Waals surface area contributed by atoms with Gasteiger partial charge in [-0.1, -0.05) is 42.5 Å². The molecule has 0 N–H and O–H groups in total. The van der Waals surface area contributed by atoms with E-state index < -0.39 is 51.3 Å². The molecule has 4 rings (SSSR count). The van der Waals surface area contributed by atoms with Crippen LogP contribution in [0.3, 0.4) is 0 Å². The van der Waals surface area contributed by atoms with Crippen LogP contribution in [0.4, 0.5) is 13.6 Å². The molecule has 6 nitrogen and oxygen atoms in total. The number of amides is 3. The van der Waals surface area contributed by atoms with Gasteiger partial charge in [0.15, 0.2) is 9.84 Å². The topological polar surface area (TPSA) is 74.8 Å². The summed E-state index contributed by atoms with van der Waals surface area (Å²) in [5.74, 6) is -3.10. The number of carbonyl (C=O) groups excluding carboxylic acids is 2. The number of sulfone groups is 1. The molecule has 190 valence electrons. The third-order valence-corrected chi connectivity index (χ3v) is 8.17. The number of likely N-dealkylation sites (N-methyl/N-ethyl adjacent to an activating group) is 1. The van der Waals surface area contributed by atoms with Crippen molar-refractivity contribution in [2.24, 2.45) is 5.92 Å². The zero-order chi connectivity index (χ0) is 26.2. The SMILES string of the molecule is C[C@H]1[C@@H](c2ccccc2)N(C(=O)CC(c2cc(F)cc(F)c2)[C@H]2C=CC(S(C)(=O)=O)=CC2)C(=O)N1C. The van der Waals surface area contributed by atoms with Crippen LogP contribution in [-0.2, 0) is 14.6 Å². The number of rotatable bonds is 6. The largest absolute Gasteiger partial charge is 0.327 e. The molecule has 0 aromatic heterocycles. The highest BCUT2D eigenvalue weighted by atomic mass is 32.2. The van der Waals surface area contributed by atoms with Crippen LogP contribution in [0.15, 0.2) is 71.7 Å². The van der Waals surface area contributed by atoms with Gasteiger partial charge in [-0.25, -0.2) is 22.0 Å². The number of benzene rings is 2. The van der Waals surface area contributed by atoms with E-state index in [0.717, 1.165) is 17.9 Å². The van der Waals surface area contributed by atoms with Gasteiger partial charge in [0, 0.05) is 25.8 Å². The molecule has 2 aromatic carbocycles. The number of halogens is 2. The summed E-state index contributed by atoms with van der Waals surface area (Å²) in [4.78, 5) is 29.7.